The van der Waals surface area contributed by atoms with Gasteiger partial charge in [-0.05, 0) is 24.8 Å². The summed E-state index contributed by atoms with van der Waals surface area (Å²) in [4.78, 5) is 27.2. The lowest BCUT2D eigenvalue weighted by atomic mass is 9.85. The highest BCUT2D eigenvalue weighted by Gasteiger charge is 2.26. The molecule has 2 N–H and O–H groups in total. The molecule has 1 aromatic carbocycles. The van der Waals surface area contributed by atoms with E-state index >= 15 is 0 Å². The Kier molecular flexibility index (Phi) is 6.70. The third kappa shape index (κ3) is 5.98. The highest BCUT2D eigenvalue weighted by Crippen LogP contribution is 2.24. The minimum Gasteiger partial charge on any atom is -0.476 e. The van der Waals surface area contributed by atoms with Crippen molar-refractivity contribution in [3.63, 3.8) is 0 Å². The number of aromatic carboxylic acids is 1. The van der Waals surface area contributed by atoms with Gasteiger partial charge in [0, 0.05) is 23.8 Å². The summed E-state index contributed by atoms with van der Waals surface area (Å²) in [6.07, 6.45) is 3.28. The number of nitrogens with zero attached hydrogens (tertiary/aromatic N) is 1. The number of hydrogen-bond acceptors (Lipinski definition) is 4. The number of aromatic nitrogens is 1. The quantitative estimate of drug-likeness (QED) is 0.717. The van der Waals surface area contributed by atoms with Gasteiger partial charge in [0.05, 0.1) is 5.01 Å². The topological polar surface area (TPSA) is 79.3 Å². The lowest BCUT2D eigenvalue weighted by molar-refractivity contribution is -0.129. The van der Waals surface area contributed by atoms with E-state index in [-0.39, 0.29) is 11.6 Å². The van der Waals surface area contributed by atoms with Crippen molar-refractivity contribution in [1.29, 1.82) is 0 Å². The number of hydrogen-bond donors (Lipinski definition) is 2. The van der Waals surface area contributed by atoms with E-state index in [2.05, 4.69) is 22.4 Å². The van der Waals surface area contributed by atoms with Crippen LogP contribution >= 0.6 is 11.3 Å². The van der Waals surface area contributed by atoms with E-state index in [4.69, 9.17) is 5.11 Å². The summed E-state index contributed by atoms with van der Waals surface area (Å²) in [7, 11) is 0. The van der Waals surface area contributed by atoms with Crippen LogP contribution in [-0.4, -0.2) is 28.5 Å². The van der Waals surface area contributed by atoms with Gasteiger partial charge in [0.15, 0.2) is 5.69 Å². The molecule has 0 radical (unpaired) electrons. The van der Waals surface area contributed by atoms with Crippen LogP contribution in [0, 0.1) is 5.41 Å². The molecule has 1 amide bonds. The van der Waals surface area contributed by atoms with Crippen molar-refractivity contribution < 1.29 is 14.7 Å². The van der Waals surface area contributed by atoms with Gasteiger partial charge in [-0.25, -0.2) is 9.78 Å². The molecule has 0 aliphatic carbocycles. The fourth-order valence-electron chi connectivity index (χ4n) is 2.54. The first-order valence-electron chi connectivity index (χ1n) is 8.38. The number of benzene rings is 1. The maximum atomic E-state index is 12.4. The van der Waals surface area contributed by atoms with Gasteiger partial charge in [-0.2, -0.15) is 0 Å². The van der Waals surface area contributed by atoms with E-state index < -0.39 is 11.4 Å². The zero-order chi connectivity index (χ0) is 18.3. The Bertz CT molecular complexity index is 710. The number of carbonyl (C=O) groups excluding carboxylic acids is 1. The molecule has 2 rings (SSSR count). The average Bonchev–Trinajstić information content (AvgIpc) is 3.05. The van der Waals surface area contributed by atoms with E-state index in [1.807, 2.05) is 32.0 Å². The van der Waals surface area contributed by atoms with Crippen LogP contribution in [0.3, 0.4) is 0 Å². The fraction of sp³-hybridized carbons (Fsp3) is 0.421. The molecule has 134 valence electrons. The number of carboxylic acids is 1. The highest BCUT2D eigenvalue weighted by atomic mass is 32.1. The van der Waals surface area contributed by atoms with Crippen LogP contribution in [-0.2, 0) is 17.6 Å². The van der Waals surface area contributed by atoms with Crippen molar-refractivity contribution in [2.24, 2.45) is 5.41 Å². The molecule has 6 heteroatoms. The molecule has 1 heterocycles. The molecule has 0 spiro atoms. The molecule has 0 fully saturated rings. The van der Waals surface area contributed by atoms with Crippen molar-refractivity contribution >= 4 is 23.2 Å². The molecule has 0 saturated heterocycles. The Morgan fingerprint density at radius 2 is 1.92 bits per heavy atom. The first kappa shape index (κ1) is 19.1. The van der Waals surface area contributed by atoms with Crippen LogP contribution in [0.15, 0.2) is 35.7 Å². The molecule has 0 saturated carbocycles. The van der Waals surface area contributed by atoms with Crippen LogP contribution in [0.1, 0.15) is 47.7 Å². The van der Waals surface area contributed by atoms with Crippen molar-refractivity contribution in [1.82, 2.24) is 10.3 Å². The van der Waals surface area contributed by atoms with Gasteiger partial charge < -0.3 is 10.4 Å². The van der Waals surface area contributed by atoms with Crippen molar-refractivity contribution in [3.05, 3.63) is 52.0 Å². The van der Waals surface area contributed by atoms with Gasteiger partial charge in [0.25, 0.3) is 0 Å². The van der Waals surface area contributed by atoms with Crippen LogP contribution < -0.4 is 5.32 Å². The third-order valence-corrected chi connectivity index (χ3v) is 5.03. The number of nitrogens with one attached hydrogen (secondary N) is 1. The number of rotatable bonds is 9. The summed E-state index contributed by atoms with van der Waals surface area (Å²) in [5.41, 5.74) is 0.924. The number of carboxylic acid groups (broad SMARTS) is 1. The predicted octanol–water partition coefficient (Wildman–Crippen LogP) is 3.55. The maximum Gasteiger partial charge on any atom is 0.355 e. The van der Waals surface area contributed by atoms with E-state index in [1.165, 1.54) is 22.3 Å². The van der Waals surface area contributed by atoms with E-state index in [1.54, 1.807) is 0 Å². The lowest BCUT2D eigenvalue weighted by Crippen LogP contribution is -2.38. The SMILES string of the molecule is CC(C)(CCCc1ccccc1)C(=O)NCCc1nc(C(=O)O)cs1. The monoisotopic (exact) mass is 360 g/mol. The second-order valence-electron chi connectivity index (χ2n) is 6.66. The number of aryl methyl sites for hydroxylation is 1. The summed E-state index contributed by atoms with van der Waals surface area (Å²) in [6.45, 7) is 4.38. The Morgan fingerprint density at radius 3 is 2.56 bits per heavy atom. The number of amides is 1. The fourth-order valence-corrected chi connectivity index (χ4v) is 3.31. The van der Waals surface area contributed by atoms with Crippen molar-refractivity contribution in [3.8, 4) is 0 Å². The van der Waals surface area contributed by atoms with Gasteiger partial charge >= 0.3 is 5.97 Å². The normalized spacial score (nSPS) is 11.3. The summed E-state index contributed by atoms with van der Waals surface area (Å²) in [6, 6.07) is 10.3. The Hall–Kier alpha value is -2.21. The molecular weight excluding hydrogens is 336 g/mol. The Balaban J connectivity index is 1.73. The van der Waals surface area contributed by atoms with E-state index in [9.17, 15) is 9.59 Å². The average molecular weight is 360 g/mol. The summed E-state index contributed by atoms with van der Waals surface area (Å²) >= 11 is 1.31. The van der Waals surface area contributed by atoms with E-state index in [0.29, 0.717) is 13.0 Å². The molecule has 0 aliphatic rings. The molecule has 2 aromatic rings. The zero-order valence-corrected chi connectivity index (χ0v) is 15.4. The van der Waals surface area contributed by atoms with Gasteiger partial charge in [0.2, 0.25) is 5.91 Å². The maximum absolute atomic E-state index is 12.4. The number of carbonyl (C=O) groups is 2. The zero-order valence-electron chi connectivity index (χ0n) is 14.6. The molecule has 0 unspecified atom stereocenters. The second kappa shape index (κ2) is 8.76. The van der Waals surface area contributed by atoms with Crippen LogP contribution in [0.4, 0.5) is 0 Å². The van der Waals surface area contributed by atoms with Crippen molar-refractivity contribution in [2.75, 3.05) is 6.54 Å². The summed E-state index contributed by atoms with van der Waals surface area (Å²) in [5, 5.41) is 14.0. The van der Waals surface area contributed by atoms with Crippen LogP contribution in [0.5, 0.6) is 0 Å². The number of thiazole rings is 1. The first-order chi connectivity index (χ1) is 11.9. The minimum atomic E-state index is -1.02. The van der Waals surface area contributed by atoms with Crippen LogP contribution in [0.25, 0.3) is 0 Å². The summed E-state index contributed by atoms with van der Waals surface area (Å²) in [5.74, 6) is -0.998. The molecule has 0 atom stereocenters. The standard InChI is InChI=1S/C19H24N2O3S/c1-19(2,11-6-9-14-7-4-3-5-8-14)18(24)20-12-10-16-21-15(13-25-16)17(22)23/h3-5,7-8,13H,6,9-12H2,1-2H3,(H,20,24)(H,22,23). The molecular formula is C19H24N2O3S. The van der Waals surface area contributed by atoms with Crippen molar-refractivity contribution in [2.45, 2.75) is 39.5 Å². The molecule has 0 aliphatic heterocycles. The summed E-state index contributed by atoms with van der Waals surface area (Å²) < 4.78 is 0. The lowest BCUT2D eigenvalue weighted by Gasteiger charge is -2.23. The van der Waals surface area contributed by atoms with Crippen LogP contribution in [0.2, 0.25) is 0 Å². The smallest absolute Gasteiger partial charge is 0.355 e. The second-order valence-corrected chi connectivity index (χ2v) is 7.60. The molecule has 1 aromatic heterocycles. The Morgan fingerprint density at radius 1 is 1.20 bits per heavy atom. The van der Waals surface area contributed by atoms with Gasteiger partial charge in [-0.3, -0.25) is 4.79 Å². The Labute approximate surface area is 152 Å². The van der Waals surface area contributed by atoms with E-state index in [0.717, 1.165) is 24.3 Å². The van der Waals surface area contributed by atoms with Gasteiger partial charge in [-0.15, -0.1) is 11.3 Å². The predicted molar refractivity (Wildman–Crippen MR) is 98.9 cm³/mol. The molecule has 0 bridgehead atoms. The van der Waals surface area contributed by atoms with Gasteiger partial charge in [0.1, 0.15) is 0 Å². The highest BCUT2D eigenvalue weighted by molar-refractivity contribution is 7.09. The first-order valence-corrected chi connectivity index (χ1v) is 9.26. The third-order valence-electron chi connectivity index (χ3n) is 4.12. The molecule has 5 nitrogen and oxygen atoms in total. The van der Waals surface area contributed by atoms with Gasteiger partial charge in [-0.1, -0.05) is 44.2 Å². The molecule has 25 heavy (non-hydrogen) atoms. The largest absolute Gasteiger partial charge is 0.476 e. The minimum absolute atomic E-state index is 0.0237.